The van der Waals surface area contributed by atoms with E-state index < -0.39 is 0 Å². The second-order valence-electron chi connectivity index (χ2n) is 10.3. The third-order valence-corrected chi connectivity index (χ3v) is 7.36. The van der Waals surface area contributed by atoms with Gasteiger partial charge in [-0.2, -0.15) is 0 Å². The van der Waals surface area contributed by atoms with E-state index in [0.29, 0.717) is 12.5 Å². The van der Waals surface area contributed by atoms with E-state index in [9.17, 15) is 4.79 Å². The van der Waals surface area contributed by atoms with Crippen LogP contribution in [0, 0.1) is 13.8 Å². The average Bonchev–Trinajstić information content (AvgIpc) is 2.91. The van der Waals surface area contributed by atoms with Crippen LogP contribution in [0.3, 0.4) is 0 Å². The molecule has 4 aromatic carbocycles. The predicted octanol–water partition coefficient (Wildman–Crippen LogP) is 7.54. The Morgan fingerprint density at radius 3 is 2.16 bits per heavy atom. The van der Waals surface area contributed by atoms with Gasteiger partial charge in [0.25, 0.3) is 0 Å². The quantitative estimate of drug-likeness (QED) is 0.251. The molecule has 1 aliphatic heterocycles. The zero-order valence-corrected chi connectivity index (χ0v) is 22.0. The van der Waals surface area contributed by atoms with Gasteiger partial charge >= 0.3 is 0 Å². The number of nitrogens with zero attached hydrogens (tertiary/aromatic N) is 1. The summed E-state index contributed by atoms with van der Waals surface area (Å²) in [7, 11) is 2.16. The molecule has 1 aliphatic rings. The fourth-order valence-corrected chi connectivity index (χ4v) is 5.04. The van der Waals surface area contributed by atoms with Gasteiger partial charge < -0.3 is 9.64 Å². The number of hydrogen-bond donors (Lipinski definition) is 0. The molecule has 4 aromatic rings. The number of rotatable bonds is 7. The van der Waals surface area contributed by atoms with E-state index in [0.717, 1.165) is 65.1 Å². The summed E-state index contributed by atoms with van der Waals surface area (Å²) in [4.78, 5) is 15.5. The van der Waals surface area contributed by atoms with Crippen molar-refractivity contribution >= 4 is 5.78 Å². The Labute approximate surface area is 220 Å². The van der Waals surface area contributed by atoms with E-state index >= 15 is 0 Å². The fraction of sp³-hybridized carbons (Fsp3) is 0.265. The lowest BCUT2D eigenvalue weighted by Gasteiger charge is -2.29. The first-order valence-electron chi connectivity index (χ1n) is 13.2. The summed E-state index contributed by atoms with van der Waals surface area (Å²) < 4.78 is 6.18. The van der Waals surface area contributed by atoms with Crippen LogP contribution in [0.2, 0.25) is 0 Å². The molecule has 3 nitrogen and oxygen atoms in total. The highest BCUT2D eigenvalue weighted by atomic mass is 16.5. The molecule has 0 aliphatic carbocycles. The number of carbonyl (C=O) groups excluding carboxylic acids is 1. The van der Waals surface area contributed by atoms with Gasteiger partial charge in [-0.05, 0) is 85.3 Å². The Morgan fingerprint density at radius 1 is 0.811 bits per heavy atom. The van der Waals surface area contributed by atoms with Gasteiger partial charge in [-0.25, -0.2) is 0 Å². The van der Waals surface area contributed by atoms with Crippen molar-refractivity contribution in [2.75, 3.05) is 20.1 Å². The maximum atomic E-state index is 13.1. The lowest BCUT2D eigenvalue weighted by atomic mass is 9.94. The van der Waals surface area contributed by atoms with Crippen molar-refractivity contribution in [2.24, 2.45) is 0 Å². The molecule has 1 fully saturated rings. The van der Waals surface area contributed by atoms with E-state index in [2.05, 4.69) is 98.6 Å². The van der Waals surface area contributed by atoms with Gasteiger partial charge in [0.1, 0.15) is 11.9 Å². The summed E-state index contributed by atoms with van der Waals surface area (Å²) in [5.74, 6) is 1.07. The number of Topliss-reactive ketones (excluding diaryl/α,β-unsaturated/α-hetero) is 1. The van der Waals surface area contributed by atoms with Gasteiger partial charge in [-0.15, -0.1) is 0 Å². The van der Waals surface area contributed by atoms with Crippen LogP contribution in [-0.4, -0.2) is 36.9 Å². The molecule has 188 valence electrons. The minimum Gasteiger partial charge on any atom is -0.490 e. The molecule has 3 heteroatoms. The minimum absolute atomic E-state index is 0.136. The maximum Gasteiger partial charge on any atom is 0.167 e. The maximum absolute atomic E-state index is 13.1. The van der Waals surface area contributed by atoms with Crippen molar-refractivity contribution in [1.82, 2.24) is 4.90 Å². The zero-order chi connectivity index (χ0) is 25.8. The number of benzene rings is 4. The smallest absolute Gasteiger partial charge is 0.167 e. The Kier molecular flexibility index (Phi) is 7.52. The minimum atomic E-state index is 0.136. The van der Waals surface area contributed by atoms with Crippen molar-refractivity contribution < 1.29 is 9.53 Å². The molecule has 0 bridgehead atoms. The molecule has 0 N–H and O–H groups in total. The molecule has 0 spiro atoms. The number of hydrogen-bond acceptors (Lipinski definition) is 3. The zero-order valence-electron chi connectivity index (χ0n) is 22.0. The van der Waals surface area contributed by atoms with Gasteiger partial charge in [0, 0.05) is 25.1 Å². The molecule has 1 heterocycles. The van der Waals surface area contributed by atoms with Crippen LogP contribution < -0.4 is 4.74 Å². The van der Waals surface area contributed by atoms with Crippen molar-refractivity contribution in [3.05, 3.63) is 113 Å². The fourth-order valence-electron chi connectivity index (χ4n) is 5.04. The highest BCUT2D eigenvalue weighted by molar-refractivity contribution is 5.99. The second kappa shape index (κ2) is 11.1. The molecule has 0 saturated carbocycles. The lowest BCUT2D eigenvalue weighted by molar-refractivity contribution is 0.0993. The highest BCUT2D eigenvalue weighted by Crippen LogP contribution is 2.27. The standard InChI is InChI=1S/C34H35NO2/c1-24-5-4-6-29(21-24)33-23-30(10-7-25(33)2)34(36)22-26-8-11-27(12-9-26)28-13-15-31(16-14-28)37-32-17-19-35(3)20-18-32/h4-16,21,23,32H,17-20,22H2,1-3H3. The average molecular weight is 490 g/mol. The number of piperidine rings is 1. The van der Waals surface area contributed by atoms with Gasteiger partial charge in [-0.1, -0.05) is 78.4 Å². The molecule has 0 aromatic heterocycles. The second-order valence-corrected chi connectivity index (χ2v) is 10.3. The highest BCUT2D eigenvalue weighted by Gasteiger charge is 2.18. The van der Waals surface area contributed by atoms with Crippen molar-refractivity contribution in [2.45, 2.75) is 39.2 Å². The van der Waals surface area contributed by atoms with E-state index in [4.69, 9.17) is 4.74 Å². The van der Waals surface area contributed by atoms with E-state index in [-0.39, 0.29) is 5.78 Å². The first-order chi connectivity index (χ1) is 17.9. The van der Waals surface area contributed by atoms with E-state index in [1.165, 1.54) is 11.1 Å². The molecule has 37 heavy (non-hydrogen) atoms. The third kappa shape index (κ3) is 6.18. The van der Waals surface area contributed by atoms with E-state index in [1.807, 2.05) is 18.2 Å². The Hall–Kier alpha value is -3.69. The van der Waals surface area contributed by atoms with Crippen LogP contribution in [0.15, 0.2) is 91.0 Å². The molecular formula is C34H35NO2. The van der Waals surface area contributed by atoms with Crippen molar-refractivity contribution in [1.29, 1.82) is 0 Å². The lowest BCUT2D eigenvalue weighted by Crippen LogP contribution is -2.35. The monoisotopic (exact) mass is 489 g/mol. The first-order valence-corrected chi connectivity index (χ1v) is 13.2. The summed E-state index contributed by atoms with van der Waals surface area (Å²) in [6, 6.07) is 31.1. The van der Waals surface area contributed by atoms with Crippen molar-refractivity contribution in [3.8, 4) is 28.0 Å². The molecule has 1 saturated heterocycles. The SMILES string of the molecule is Cc1cccc(-c2cc(C(=O)Cc3ccc(-c4ccc(OC5CCN(C)CC5)cc4)cc3)ccc2C)c1. The number of carbonyl (C=O) groups is 1. The van der Waals surface area contributed by atoms with E-state index in [1.54, 1.807) is 0 Å². The van der Waals surface area contributed by atoms with Crippen LogP contribution in [0.4, 0.5) is 0 Å². The van der Waals surface area contributed by atoms with Crippen LogP contribution in [0.25, 0.3) is 22.3 Å². The predicted molar refractivity (Wildman–Crippen MR) is 152 cm³/mol. The number of ether oxygens (including phenoxy) is 1. The summed E-state index contributed by atoms with van der Waals surface area (Å²) in [5.41, 5.74) is 8.73. The van der Waals surface area contributed by atoms with Gasteiger partial charge in [0.05, 0.1) is 0 Å². The molecule has 0 amide bonds. The third-order valence-electron chi connectivity index (χ3n) is 7.36. The normalized spacial score (nSPS) is 14.5. The van der Waals surface area contributed by atoms with Crippen LogP contribution in [-0.2, 0) is 6.42 Å². The summed E-state index contributed by atoms with van der Waals surface area (Å²) in [6.07, 6.45) is 2.85. The number of likely N-dealkylation sites (tertiary alicyclic amines) is 1. The number of aryl methyl sites for hydroxylation is 2. The van der Waals surface area contributed by atoms with Crippen LogP contribution >= 0.6 is 0 Å². The van der Waals surface area contributed by atoms with Crippen molar-refractivity contribution in [3.63, 3.8) is 0 Å². The summed E-state index contributed by atoms with van der Waals surface area (Å²) >= 11 is 0. The molecule has 0 radical (unpaired) electrons. The molecule has 0 unspecified atom stereocenters. The summed E-state index contributed by atoms with van der Waals surface area (Å²) in [5, 5.41) is 0. The first kappa shape index (κ1) is 25.0. The summed E-state index contributed by atoms with van der Waals surface area (Å²) in [6.45, 7) is 6.37. The topological polar surface area (TPSA) is 29.5 Å². The number of ketones is 1. The van der Waals surface area contributed by atoms with Gasteiger partial charge in [-0.3, -0.25) is 4.79 Å². The molecule has 0 atom stereocenters. The molecule has 5 rings (SSSR count). The Balaban J connectivity index is 1.23. The Morgan fingerprint density at radius 2 is 1.49 bits per heavy atom. The van der Waals surface area contributed by atoms with Gasteiger partial charge in [0.15, 0.2) is 5.78 Å². The largest absolute Gasteiger partial charge is 0.490 e. The van der Waals surface area contributed by atoms with Gasteiger partial charge in [0.2, 0.25) is 0 Å². The van der Waals surface area contributed by atoms with Crippen LogP contribution in [0.5, 0.6) is 5.75 Å². The Bertz CT molecular complexity index is 1360. The van der Waals surface area contributed by atoms with Crippen LogP contribution in [0.1, 0.15) is 39.9 Å². The molecular weight excluding hydrogens is 454 g/mol.